The number of fused-ring (bicyclic) bond motifs is 1. The van der Waals surface area contributed by atoms with Crippen LogP contribution in [0.25, 0.3) is 11.0 Å². The van der Waals surface area contributed by atoms with Crippen LogP contribution in [0.3, 0.4) is 0 Å². The van der Waals surface area contributed by atoms with Gasteiger partial charge in [0.15, 0.2) is 0 Å². The molecule has 18 heavy (non-hydrogen) atoms. The molecule has 0 spiro atoms. The van der Waals surface area contributed by atoms with Gasteiger partial charge in [0.2, 0.25) is 0 Å². The molecule has 0 atom stereocenters. The minimum Gasteiger partial charge on any atom is -0.395 e. The number of nitrogens with zero attached hydrogens (tertiary/aromatic N) is 4. The third-order valence-corrected chi connectivity index (χ3v) is 2.72. The predicted octanol–water partition coefficient (Wildman–Crippen LogP) is 2.12. The monoisotopic (exact) mass is 244 g/mol. The molecule has 0 aliphatic heterocycles. The van der Waals surface area contributed by atoms with Crippen molar-refractivity contribution in [2.24, 2.45) is 0 Å². The molecule has 0 N–H and O–H groups in total. The molecule has 0 amide bonds. The number of aromatic nitrogens is 3. The van der Waals surface area contributed by atoms with E-state index in [4.69, 9.17) is 10.1 Å². The molecule has 0 fully saturated rings. The van der Waals surface area contributed by atoms with Gasteiger partial charge in [0.05, 0.1) is 6.07 Å². The van der Waals surface area contributed by atoms with E-state index in [1.54, 1.807) is 0 Å². The van der Waals surface area contributed by atoms with Crippen LogP contribution in [0.5, 0.6) is 0 Å². The zero-order valence-corrected chi connectivity index (χ0v) is 10.5. The maximum atomic E-state index is 8.56. The van der Waals surface area contributed by atoms with Crippen molar-refractivity contribution in [2.45, 2.75) is 32.6 Å². The normalized spacial score (nSPS) is 10.4. The van der Waals surface area contributed by atoms with Gasteiger partial charge in [-0.3, -0.25) is 0 Å². The van der Waals surface area contributed by atoms with Crippen molar-refractivity contribution >= 4 is 11.0 Å². The van der Waals surface area contributed by atoms with E-state index >= 15 is 0 Å². The molecule has 94 valence electrons. The Bertz CT molecular complexity index is 556. The SMILES string of the molecule is CCCCOn1nnc2cc(CCC#N)ccc21. The number of benzene rings is 1. The Hall–Kier alpha value is -2.09. The number of nitriles is 1. The lowest BCUT2D eigenvalue weighted by Crippen LogP contribution is -2.14. The summed E-state index contributed by atoms with van der Waals surface area (Å²) in [7, 11) is 0. The molecule has 1 heterocycles. The summed E-state index contributed by atoms with van der Waals surface area (Å²) in [6.45, 7) is 2.76. The van der Waals surface area contributed by atoms with Crippen LogP contribution in [0.4, 0.5) is 0 Å². The van der Waals surface area contributed by atoms with Gasteiger partial charge in [-0.2, -0.15) is 5.26 Å². The van der Waals surface area contributed by atoms with Gasteiger partial charge in [-0.1, -0.05) is 24.3 Å². The van der Waals surface area contributed by atoms with Gasteiger partial charge in [-0.25, -0.2) is 0 Å². The van der Waals surface area contributed by atoms with Crippen molar-refractivity contribution in [2.75, 3.05) is 6.61 Å². The lowest BCUT2D eigenvalue weighted by Gasteiger charge is -2.04. The molecule has 1 aromatic heterocycles. The number of unbranched alkanes of at least 4 members (excludes halogenated alkanes) is 1. The second-order valence-corrected chi connectivity index (χ2v) is 4.13. The highest BCUT2D eigenvalue weighted by Gasteiger charge is 2.06. The summed E-state index contributed by atoms with van der Waals surface area (Å²) in [4.78, 5) is 6.98. The van der Waals surface area contributed by atoms with Crippen LogP contribution in [0.15, 0.2) is 18.2 Å². The smallest absolute Gasteiger partial charge is 0.130 e. The molecule has 2 aromatic rings. The Balaban J connectivity index is 2.13. The van der Waals surface area contributed by atoms with E-state index in [0.717, 1.165) is 35.9 Å². The lowest BCUT2D eigenvalue weighted by molar-refractivity contribution is 0.0853. The Morgan fingerprint density at radius 1 is 1.44 bits per heavy atom. The van der Waals surface area contributed by atoms with E-state index in [9.17, 15) is 0 Å². The molecule has 0 saturated carbocycles. The molecule has 5 heteroatoms. The highest BCUT2D eigenvalue weighted by atomic mass is 16.7. The zero-order valence-electron chi connectivity index (χ0n) is 10.5. The van der Waals surface area contributed by atoms with E-state index < -0.39 is 0 Å². The summed E-state index contributed by atoms with van der Waals surface area (Å²) >= 11 is 0. The van der Waals surface area contributed by atoms with Crippen LogP contribution in [0.1, 0.15) is 31.7 Å². The number of hydrogen-bond acceptors (Lipinski definition) is 4. The average Bonchev–Trinajstić information content (AvgIpc) is 2.79. The fraction of sp³-hybridized carbons (Fsp3) is 0.462. The van der Waals surface area contributed by atoms with Gasteiger partial charge < -0.3 is 4.84 Å². The molecule has 1 aromatic carbocycles. The third kappa shape index (κ3) is 2.77. The van der Waals surface area contributed by atoms with Crippen LogP contribution in [0, 0.1) is 11.3 Å². The van der Waals surface area contributed by atoms with Crippen molar-refractivity contribution in [1.82, 2.24) is 15.2 Å². The first-order valence-corrected chi connectivity index (χ1v) is 6.19. The van der Waals surface area contributed by atoms with Crippen LogP contribution in [-0.2, 0) is 6.42 Å². The molecule has 2 rings (SSSR count). The standard InChI is InChI=1S/C13H16N4O/c1-2-3-9-18-17-13-7-6-11(5-4-8-14)10-12(13)15-16-17/h6-7,10H,2-5,9H2,1H3. The average molecular weight is 244 g/mol. The lowest BCUT2D eigenvalue weighted by atomic mass is 10.1. The van der Waals surface area contributed by atoms with Crippen LogP contribution < -0.4 is 4.84 Å². The maximum Gasteiger partial charge on any atom is 0.130 e. The third-order valence-electron chi connectivity index (χ3n) is 2.72. The molecule has 5 nitrogen and oxygen atoms in total. The van der Waals surface area contributed by atoms with Crippen molar-refractivity contribution in [3.8, 4) is 6.07 Å². The van der Waals surface area contributed by atoms with Gasteiger partial charge in [0.1, 0.15) is 17.6 Å². The molecule has 0 aliphatic carbocycles. The van der Waals surface area contributed by atoms with Gasteiger partial charge in [-0.05, 0) is 35.8 Å². The molecule has 0 radical (unpaired) electrons. The maximum absolute atomic E-state index is 8.56. The first kappa shape index (κ1) is 12.4. The predicted molar refractivity (Wildman–Crippen MR) is 67.8 cm³/mol. The summed E-state index contributed by atoms with van der Waals surface area (Å²) in [5, 5.41) is 16.6. The minimum atomic E-state index is 0.520. The summed E-state index contributed by atoms with van der Waals surface area (Å²) in [6, 6.07) is 8.02. The van der Waals surface area contributed by atoms with E-state index in [0.29, 0.717) is 13.0 Å². The fourth-order valence-corrected chi connectivity index (χ4v) is 1.69. The number of rotatable bonds is 6. The van der Waals surface area contributed by atoms with Crippen molar-refractivity contribution in [1.29, 1.82) is 5.26 Å². The second kappa shape index (κ2) is 6.01. The summed E-state index contributed by atoms with van der Waals surface area (Å²) in [5.41, 5.74) is 2.78. The Morgan fingerprint density at radius 3 is 3.11 bits per heavy atom. The van der Waals surface area contributed by atoms with E-state index in [1.807, 2.05) is 18.2 Å². The van der Waals surface area contributed by atoms with Crippen LogP contribution in [-0.4, -0.2) is 21.8 Å². The summed E-state index contributed by atoms with van der Waals surface area (Å²) < 4.78 is 0. The Kier molecular flexibility index (Phi) is 4.13. The van der Waals surface area contributed by atoms with Gasteiger partial charge in [0, 0.05) is 6.42 Å². The van der Waals surface area contributed by atoms with Crippen molar-refractivity contribution < 1.29 is 4.84 Å². The van der Waals surface area contributed by atoms with Crippen LogP contribution in [0.2, 0.25) is 0 Å². The highest BCUT2D eigenvalue weighted by Crippen LogP contribution is 2.13. The quantitative estimate of drug-likeness (QED) is 0.730. The fourth-order valence-electron chi connectivity index (χ4n) is 1.69. The van der Waals surface area contributed by atoms with Crippen molar-refractivity contribution in [3.63, 3.8) is 0 Å². The van der Waals surface area contributed by atoms with E-state index in [1.165, 1.54) is 4.85 Å². The zero-order chi connectivity index (χ0) is 12.8. The molecule has 0 saturated heterocycles. The largest absolute Gasteiger partial charge is 0.395 e. The molecule has 0 bridgehead atoms. The minimum absolute atomic E-state index is 0.520. The van der Waals surface area contributed by atoms with E-state index in [-0.39, 0.29) is 0 Å². The van der Waals surface area contributed by atoms with Crippen molar-refractivity contribution in [3.05, 3.63) is 23.8 Å². The first-order chi connectivity index (χ1) is 8.85. The van der Waals surface area contributed by atoms with Crippen LogP contribution >= 0.6 is 0 Å². The van der Waals surface area contributed by atoms with E-state index in [2.05, 4.69) is 23.3 Å². The summed E-state index contributed by atoms with van der Waals surface area (Å²) in [6.07, 6.45) is 3.36. The first-order valence-electron chi connectivity index (χ1n) is 6.19. The highest BCUT2D eigenvalue weighted by molar-refractivity contribution is 5.74. The molecule has 0 unspecified atom stereocenters. The Morgan fingerprint density at radius 2 is 2.33 bits per heavy atom. The topological polar surface area (TPSA) is 63.7 Å². The summed E-state index contributed by atoms with van der Waals surface area (Å²) in [5.74, 6) is 0. The Labute approximate surface area is 106 Å². The van der Waals surface area contributed by atoms with Gasteiger partial charge in [-0.15, -0.1) is 5.10 Å². The molecule has 0 aliphatic rings. The molecular weight excluding hydrogens is 228 g/mol. The number of hydrogen-bond donors (Lipinski definition) is 0. The second-order valence-electron chi connectivity index (χ2n) is 4.13. The molecular formula is C13H16N4O. The van der Waals surface area contributed by atoms with Gasteiger partial charge >= 0.3 is 0 Å². The number of aryl methyl sites for hydroxylation is 1. The van der Waals surface area contributed by atoms with Gasteiger partial charge in [0.25, 0.3) is 0 Å².